The van der Waals surface area contributed by atoms with Gasteiger partial charge in [0.15, 0.2) is 0 Å². The Hall–Kier alpha value is -1.32. The Bertz CT molecular complexity index is 812. The van der Waals surface area contributed by atoms with E-state index >= 15 is 0 Å². The number of anilines is 1. The predicted molar refractivity (Wildman–Crippen MR) is 79.2 cm³/mol. The minimum absolute atomic E-state index is 0.192. The normalized spacial score (nSPS) is 12.2. The zero-order valence-electron chi connectivity index (χ0n) is 10.5. The van der Waals surface area contributed by atoms with Crippen LogP contribution in [-0.2, 0) is 16.2 Å². The summed E-state index contributed by atoms with van der Waals surface area (Å²) in [5.41, 5.74) is -1.24. The lowest BCUT2D eigenvalue weighted by atomic mass is 10.2. The third-order valence-electron chi connectivity index (χ3n) is 2.54. The van der Waals surface area contributed by atoms with E-state index in [-0.39, 0.29) is 20.2 Å². The van der Waals surface area contributed by atoms with Crippen molar-refractivity contribution in [1.82, 2.24) is 4.98 Å². The summed E-state index contributed by atoms with van der Waals surface area (Å²) in [7, 11) is -4.15. The Kier molecular flexibility index (Phi) is 4.69. The number of nitrogens with one attached hydrogen (secondary N) is 1. The first-order chi connectivity index (χ1) is 10.1. The molecule has 0 aliphatic heterocycles. The second-order valence-electron chi connectivity index (χ2n) is 4.09. The molecule has 1 aromatic heterocycles. The molecular formula is C12H7BrClF3N2O2S. The first kappa shape index (κ1) is 17.0. The zero-order valence-corrected chi connectivity index (χ0v) is 13.7. The second-order valence-corrected chi connectivity index (χ2v) is 6.95. The van der Waals surface area contributed by atoms with Crippen LogP contribution in [-0.4, -0.2) is 13.4 Å². The highest BCUT2D eigenvalue weighted by Crippen LogP contribution is 2.36. The van der Waals surface area contributed by atoms with Crippen molar-refractivity contribution in [3.05, 3.63) is 51.7 Å². The Morgan fingerprint density at radius 3 is 2.50 bits per heavy atom. The third-order valence-corrected chi connectivity index (χ3v) is 5.06. The Morgan fingerprint density at radius 2 is 1.91 bits per heavy atom. The van der Waals surface area contributed by atoms with Gasteiger partial charge in [0, 0.05) is 16.4 Å². The zero-order chi connectivity index (χ0) is 16.5. The molecule has 0 radical (unpaired) electrons. The van der Waals surface area contributed by atoms with Gasteiger partial charge in [-0.05, 0) is 30.3 Å². The molecule has 10 heteroatoms. The van der Waals surface area contributed by atoms with Crippen LogP contribution in [0.3, 0.4) is 0 Å². The number of halogens is 5. The Balaban J connectivity index is 2.41. The predicted octanol–water partition coefficient (Wildman–Crippen LogP) is 4.32. The van der Waals surface area contributed by atoms with Crippen molar-refractivity contribution >= 4 is 43.2 Å². The summed E-state index contributed by atoms with van der Waals surface area (Å²) in [6.07, 6.45) is -3.32. The highest BCUT2D eigenvalue weighted by molar-refractivity contribution is 9.10. The van der Waals surface area contributed by atoms with E-state index in [2.05, 4.69) is 20.9 Å². The summed E-state index contributed by atoms with van der Waals surface area (Å²) in [5, 5.41) is -0.275. The van der Waals surface area contributed by atoms with Gasteiger partial charge in [-0.1, -0.05) is 27.5 Å². The average molecular weight is 416 g/mol. The molecule has 1 aromatic carbocycles. The molecule has 2 aromatic rings. The Morgan fingerprint density at radius 1 is 1.23 bits per heavy atom. The number of sulfonamides is 1. The lowest BCUT2D eigenvalue weighted by Gasteiger charge is -2.13. The summed E-state index contributed by atoms with van der Waals surface area (Å²) in [6.45, 7) is 0. The van der Waals surface area contributed by atoms with Crippen LogP contribution in [0.1, 0.15) is 5.56 Å². The van der Waals surface area contributed by atoms with Gasteiger partial charge in [0.1, 0.15) is 10.0 Å². The minimum Gasteiger partial charge on any atom is -0.280 e. The number of aromatic nitrogens is 1. The molecular weight excluding hydrogens is 409 g/mol. The molecule has 0 saturated carbocycles. The molecule has 22 heavy (non-hydrogen) atoms. The maximum Gasteiger partial charge on any atom is 0.417 e. The molecule has 2 rings (SSSR count). The monoisotopic (exact) mass is 414 g/mol. The number of hydrogen-bond donors (Lipinski definition) is 1. The standard InChI is InChI=1S/C12H7BrClF3N2O2S/c13-9-4-3-7(6-8(9)12(15,16)17)19-22(20,21)10-2-1-5-18-11(10)14/h1-6,19H. The van der Waals surface area contributed by atoms with E-state index in [4.69, 9.17) is 11.6 Å². The van der Waals surface area contributed by atoms with Gasteiger partial charge in [0.05, 0.1) is 5.56 Å². The molecule has 1 heterocycles. The van der Waals surface area contributed by atoms with E-state index in [0.29, 0.717) is 6.07 Å². The van der Waals surface area contributed by atoms with Crippen LogP contribution < -0.4 is 4.72 Å². The number of benzene rings is 1. The smallest absolute Gasteiger partial charge is 0.280 e. The van der Waals surface area contributed by atoms with Gasteiger partial charge < -0.3 is 0 Å². The van der Waals surface area contributed by atoms with E-state index in [1.807, 2.05) is 4.72 Å². The van der Waals surface area contributed by atoms with Crippen LogP contribution in [0.2, 0.25) is 5.15 Å². The largest absolute Gasteiger partial charge is 0.417 e. The first-order valence-corrected chi connectivity index (χ1v) is 8.27. The first-order valence-electron chi connectivity index (χ1n) is 5.61. The molecule has 0 aliphatic carbocycles. The van der Waals surface area contributed by atoms with E-state index in [0.717, 1.165) is 6.07 Å². The fourth-order valence-corrected chi connectivity index (χ4v) is 3.56. The van der Waals surface area contributed by atoms with Crippen molar-refractivity contribution in [2.24, 2.45) is 0 Å². The SMILES string of the molecule is O=S(=O)(Nc1ccc(Br)c(C(F)(F)F)c1)c1cccnc1Cl. The third kappa shape index (κ3) is 3.71. The van der Waals surface area contributed by atoms with Crippen LogP contribution in [0, 0.1) is 0 Å². The molecule has 0 saturated heterocycles. The van der Waals surface area contributed by atoms with E-state index in [9.17, 15) is 21.6 Å². The number of nitrogens with zero attached hydrogens (tertiary/aromatic N) is 1. The fraction of sp³-hybridized carbons (Fsp3) is 0.0833. The van der Waals surface area contributed by atoms with Crippen molar-refractivity contribution in [2.45, 2.75) is 11.1 Å². The molecule has 0 amide bonds. The summed E-state index contributed by atoms with van der Waals surface area (Å²) in [4.78, 5) is 3.29. The quantitative estimate of drug-likeness (QED) is 0.760. The van der Waals surface area contributed by atoms with Gasteiger partial charge in [-0.15, -0.1) is 0 Å². The summed E-state index contributed by atoms with van der Waals surface area (Å²) in [6, 6.07) is 5.53. The van der Waals surface area contributed by atoms with Crippen molar-refractivity contribution in [3.63, 3.8) is 0 Å². The highest BCUT2D eigenvalue weighted by atomic mass is 79.9. The van der Waals surface area contributed by atoms with Crippen molar-refractivity contribution in [1.29, 1.82) is 0 Å². The van der Waals surface area contributed by atoms with Gasteiger partial charge >= 0.3 is 6.18 Å². The van der Waals surface area contributed by atoms with Crippen LogP contribution in [0.4, 0.5) is 18.9 Å². The van der Waals surface area contributed by atoms with Crippen LogP contribution in [0.25, 0.3) is 0 Å². The lowest BCUT2D eigenvalue weighted by Crippen LogP contribution is -2.15. The van der Waals surface area contributed by atoms with Crippen LogP contribution in [0.5, 0.6) is 0 Å². The summed E-state index contributed by atoms with van der Waals surface area (Å²) < 4.78 is 64.6. The number of pyridine rings is 1. The van der Waals surface area contributed by atoms with Gasteiger partial charge in [-0.2, -0.15) is 13.2 Å². The molecule has 0 unspecified atom stereocenters. The molecule has 0 bridgehead atoms. The number of rotatable bonds is 3. The van der Waals surface area contributed by atoms with E-state index < -0.39 is 21.8 Å². The maximum absolute atomic E-state index is 12.8. The van der Waals surface area contributed by atoms with Crippen molar-refractivity contribution in [2.75, 3.05) is 4.72 Å². The van der Waals surface area contributed by atoms with Gasteiger partial charge in [0.2, 0.25) is 0 Å². The van der Waals surface area contributed by atoms with Crippen molar-refractivity contribution < 1.29 is 21.6 Å². The average Bonchev–Trinajstić information content (AvgIpc) is 2.39. The number of hydrogen-bond acceptors (Lipinski definition) is 3. The Labute approximate surface area is 137 Å². The molecule has 0 spiro atoms. The number of alkyl halides is 3. The summed E-state index contributed by atoms with van der Waals surface area (Å²) in [5.74, 6) is 0. The maximum atomic E-state index is 12.8. The van der Waals surface area contributed by atoms with E-state index in [1.54, 1.807) is 0 Å². The van der Waals surface area contributed by atoms with Crippen molar-refractivity contribution in [3.8, 4) is 0 Å². The minimum atomic E-state index is -4.62. The molecule has 0 aliphatic rings. The van der Waals surface area contributed by atoms with Gasteiger partial charge in [0.25, 0.3) is 10.0 Å². The highest BCUT2D eigenvalue weighted by Gasteiger charge is 2.33. The second kappa shape index (κ2) is 6.05. The molecule has 4 nitrogen and oxygen atoms in total. The lowest BCUT2D eigenvalue weighted by molar-refractivity contribution is -0.138. The topological polar surface area (TPSA) is 59.1 Å². The molecule has 118 valence electrons. The van der Waals surface area contributed by atoms with Crippen LogP contribution in [0.15, 0.2) is 45.9 Å². The van der Waals surface area contributed by atoms with Gasteiger partial charge in [-0.25, -0.2) is 13.4 Å². The van der Waals surface area contributed by atoms with Crippen LogP contribution >= 0.6 is 27.5 Å². The molecule has 1 N–H and O–H groups in total. The van der Waals surface area contributed by atoms with E-state index in [1.165, 1.54) is 24.4 Å². The fourth-order valence-electron chi connectivity index (χ4n) is 1.59. The van der Waals surface area contributed by atoms with Gasteiger partial charge in [-0.3, -0.25) is 4.72 Å². The summed E-state index contributed by atoms with van der Waals surface area (Å²) >= 11 is 8.46. The molecule has 0 fully saturated rings. The molecule has 0 atom stereocenters.